The molecule has 110 valence electrons. The first-order valence-corrected chi connectivity index (χ1v) is 7.48. The predicted octanol–water partition coefficient (Wildman–Crippen LogP) is 2.77. The van der Waals surface area contributed by atoms with Crippen LogP contribution in [0.25, 0.3) is 0 Å². The molecule has 1 aromatic rings. The molecule has 0 spiro atoms. The van der Waals surface area contributed by atoms with Crippen molar-refractivity contribution in [2.24, 2.45) is 0 Å². The van der Waals surface area contributed by atoms with Crippen LogP contribution in [0.4, 0.5) is 4.39 Å². The van der Waals surface area contributed by atoms with Crippen molar-refractivity contribution in [2.75, 3.05) is 32.7 Å². The highest BCUT2D eigenvalue weighted by Gasteiger charge is 2.21. The van der Waals surface area contributed by atoms with Gasteiger partial charge in [0.05, 0.1) is 0 Å². The van der Waals surface area contributed by atoms with Crippen molar-refractivity contribution in [3.8, 4) is 0 Å². The molecule has 0 atom stereocenters. The first-order chi connectivity index (χ1) is 9.70. The van der Waals surface area contributed by atoms with E-state index in [9.17, 15) is 9.18 Å². The zero-order chi connectivity index (χ0) is 14.4. The van der Waals surface area contributed by atoms with E-state index in [2.05, 4.69) is 11.8 Å². The van der Waals surface area contributed by atoms with E-state index in [1.807, 2.05) is 4.90 Å². The van der Waals surface area contributed by atoms with Crippen LogP contribution in [0, 0.1) is 5.82 Å². The standard InChI is InChI=1S/C16H23FN2O/c1-2-3-4-9-18-10-12-19(13-11-18)16(20)14-5-7-15(17)8-6-14/h5-8H,2-4,9-13H2,1H3. The fraction of sp³-hybridized carbons (Fsp3) is 0.562. The molecule has 1 aliphatic rings. The van der Waals surface area contributed by atoms with E-state index >= 15 is 0 Å². The van der Waals surface area contributed by atoms with Gasteiger partial charge in [-0.25, -0.2) is 4.39 Å². The summed E-state index contributed by atoms with van der Waals surface area (Å²) in [5.74, 6) is -0.291. The molecule has 0 saturated carbocycles. The molecule has 0 radical (unpaired) electrons. The molecule has 0 unspecified atom stereocenters. The van der Waals surface area contributed by atoms with Crippen LogP contribution in [0.5, 0.6) is 0 Å². The van der Waals surface area contributed by atoms with Crippen molar-refractivity contribution in [1.82, 2.24) is 9.80 Å². The van der Waals surface area contributed by atoms with E-state index < -0.39 is 0 Å². The summed E-state index contributed by atoms with van der Waals surface area (Å²) in [6.45, 7) is 6.75. The van der Waals surface area contributed by atoms with E-state index in [1.165, 1.54) is 31.4 Å². The Morgan fingerprint density at radius 1 is 1.10 bits per heavy atom. The summed E-state index contributed by atoms with van der Waals surface area (Å²) in [6, 6.07) is 5.80. The molecule has 2 rings (SSSR count). The Hall–Kier alpha value is -1.42. The lowest BCUT2D eigenvalue weighted by atomic mass is 10.1. The van der Waals surface area contributed by atoms with Crippen molar-refractivity contribution >= 4 is 5.91 Å². The van der Waals surface area contributed by atoms with Crippen molar-refractivity contribution in [3.63, 3.8) is 0 Å². The molecule has 0 N–H and O–H groups in total. The Balaban J connectivity index is 1.81. The first kappa shape index (κ1) is 15.0. The van der Waals surface area contributed by atoms with Gasteiger partial charge in [0.15, 0.2) is 0 Å². The molecule has 4 heteroatoms. The third kappa shape index (κ3) is 4.04. The molecule has 1 amide bonds. The maximum Gasteiger partial charge on any atom is 0.253 e. The van der Waals surface area contributed by atoms with Gasteiger partial charge in [-0.3, -0.25) is 9.69 Å². The van der Waals surface area contributed by atoms with Crippen molar-refractivity contribution in [1.29, 1.82) is 0 Å². The van der Waals surface area contributed by atoms with E-state index in [4.69, 9.17) is 0 Å². The van der Waals surface area contributed by atoms with E-state index in [-0.39, 0.29) is 11.7 Å². The molecular formula is C16H23FN2O. The molecule has 0 bridgehead atoms. The van der Waals surface area contributed by atoms with Crippen LogP contribution in [0.2, 0.25) is 0 Å². The monoisotopic (exact) mass is 278 g/mol. The molecule has 1 fully saturated rings. The number of hydrogen-bond acceptors (Lipinski definition) is 2. The van der Waals surface area contributed by atoms with Crippen LogP contribution in [0.1, 0.15) is 36.5 Å². The molecule has 0 aliphatic carbocycles. The molecule has 0 aromatic heterocycles. The van der Waals surface area contributed by atoms with Gasteiger partial charge in [0.25, 0.3) is 5.91 Å². The number of amides is 1. The fourth-order valence-corrected chi connectivity index (χ4v) is 2.54. The normalized spacial score (nSPS) is 16.4. The number of unbranched alkanes of at least 4 members (excludes halogenated alkanes) is 2. The number of halogens is 1. The minimum atomic E-state index is -0.303. The largest absolute Gasteiger partial charge is 0.336 e. The van der Waals surface area contributed by atoms with Crippen LogP contribution in [0.15, 0.2) is 24.3 Å². The summed E-state index contributed by atoms with van der Waals surface area (Å²) in [5, 5.41) is 0. The number of hydrogen-bond donors (Lipinski definition) is 0. The average molecular weight is 278 g/mol. The van der Waals surface area contributed by atoms with E-state index in [0.717, 1.165) is 32.7 Å². The van der Waals surface area contributed by atoms with Crippen LogP contribution >= 0.6 is 0 Å². The summed E-state index contributed by atoms with van der Waals surface area (Å²) in [6.07, 6.45) is 3.75. The Morgan fingerprint density at radius 3 is 2.35 bits per heavy atom. The predicted molar refractivity (Wildman–Crippen MR) is 78.3 cm³/mol. The number of carbonyl (C=O) groups excluding carboxylic acids is 1. The van der Waals surface area contributed by atoms with Crippen molar-refractivity contribution in [3.05, 3.63) is 35.6 Å². The average Bonchev–Trinajstić information content (AvgIpc) is 2.48. The number of rotatable bonds is 5. The topological polar surface area (TPSA) is 23.6 Å². The Bertz CT molecular complexity index is 425. The number of benzene rings is 1. The SMILES string of the molecule is CCCCCN1CCN(C(=O)c2ccc(F)cc2)CC1. The summed E-state index contributed by atoms with van der Waals surface area (Å²) < 4.78 is 12.9. The highest BCUT2D eigenvalue weighted by atomic mass is 19.1. The van der Waals surface area contributed by atoms with E-state index in [1.54, 1.807) is 12.1 Å². The zero-order valence-corrected chi connectivity index (χ0v) is 12.1. The molecule has 1 aliphatic heterocycles. The maximum atomic E-state index is 12.9. The molecule has 1 aromatic carbocycles. The third-order valence-electron chi connectivity index (χ3n) is 3.83. The zero-order valence-electron chi connectivity index (χ0n) is 12.1. The molecular weight excluding hydrogens is 255 g/mol. The van der Waals surface area contributed by atoms with Crippen LogP contribution < -0.4 is 0 Å². The van der Waals surface area contributed by atoms with Gasteiger partial charge in [-0.2, -0.15) is 0 Å². The fourth-order valence-electron chi connectivity index (χ4n) is 2.54. The van der Waals surface area contributed by atoms with Gasteiger partial charge in [-0.15, -0.1) is 0 Å². The Labute approximate surface area is 120 Å². The Morgan fingerprint density at radius 2 is 1.75 bits per heavy atom. The van der Waals surface area contributed by atoms with Gasteiger partial charge < -0.3 is 4.90 Å². The van der Waals surface area contributed by atoms with Crippen molar-refractivity contribution in [2.45, 2.75) is 26.2 Å². The van der Waals surface area contributed by atoms with E-state index in [0.29, 0.717) is 5.56 Å². The second kappa shape index (κ2) is 7.39. The second-order valence-corrected chi connectivity index (χ2v) is 5.35. The summed E-state index contributed by atoms with van der Waals surface area (Å²) in [5.41, 5.74) is 0.575. The Kier molecular flexibility index (Phi) is 5.53. The molecule has 3 nitrogen and oxygen atoms in total. The molecule has 1 heterocycles. The van der Waals surface area contributed by atoms with Crippen molar-refractivity contribution < 1.29 is 9.18 Å². The van der Waals surface area contributed by atoms with Gasteiger partial charge in [0.1, 0.15) is 5.82 Å². The first-order valence-electron chi connectivity index (χ1n) is 7.48. The minimum absolute atomic E-state index is 0.0122. The smallest absolute Gasteiger partial charge is 0.253 e. The summed E-state index contributed by atoms with van der Waals surface area (Å²) >= 11 is 0. The highest BCUT2D eigenvalue weighted by Crippen LogP contribution is 2.10. The lowest BCUT2D eigenvalue weighted by Gasteiger charge is -2.34. The summed E-state index contributed by atoms with van der Waals surface area (Å²) in [4.78, 5) is 16.5. The molecule has 1 saturated heterocycles. The van der Waals surface area contributed by atoms with Gasteiger partial charge in [-0.1, -0.05) is 19.8 Å². The van der Waals surface area contributed by atoms with Crippen LogP contribution in [-0.4, -0.2) is 48.4 Å². The lowest BCUT2D eigenvalue weighted by Crippen LogP contribution is -2.48. The number of carbonyl (C=O) groups is 1. The maximum absolute atomic E-state index is 12.9. The van der Waals surface area contributed by atoms with Gasteiger partial charge in [0, 0.05) is 31.7 Å². The number of piperazine rings is 1. The summed E-state index contributed by atoms with van der Waals surface area (Å²) in [7, 11) is 0. The van der Waals surface area contributed by atoms with Gasteiger partial charge in [0.2, 0.25) is 0 Å². The minimum Gasteiger partial charge on any atom is -0.336 e. The van der Waals surface area contributed by atoms with Crippen LogP contribution in [-0.2, 0) is 0 Å². The van der Waals surface area contributed by atoms with Gasteiger partial charge >= 0.3 is 0 Å². The number of nitrogens with zero attached hydrogens (tertiary/aromatic N) is 2. The van der Waals surface area contributed by atoms with Crippen LogP contribution in [0.3, 0.4) is 0 Å². The lowest BCUT2D eigenvalue weighted by molar-refractivity contribution is 0.0635. The second-order valence-electron chi connectivity index (χ2n) is 5.35. The highest BCUT2D eigenvalue weighted by molar-refractivity contribution is 5.94. The molecule has 20 heavy (non-hydrogen) atoms. The quantitative estimate of drug-likeness (QED) is 0.773. The third-order valence-corrected chi connectivity index (χ3v) is 3.83. The van der Waals surface area contributed by atoms with Gasteiger partial charge in [-0.05, 0) is 37.2 Å².